The van der Waals surface area contributed by atoms with Crippen molar-refractivity contribution < 1.29 is 33.4 Å². The van der Waals surface area contributed by atoms with Crippen molar-refractivity contribution in [1.29, 1.82) is 0 Å². The number of carbonyl (C=O) groups is 3. The topological polar surface area (TPSA) is 129 Å². The van der Waals surface area contributed by atoms with E-state index in [-0.39, 0.29) is 17.4 Å². The maximum absolute atomic E-state index is 13.3. The van der Waals surface area contributed by atoms with E-state index in [9.17, 15) is 14.4 Å². The Labute approximate surface area is 210 Å². The van der Waals surface area contributed by atoms with Crippen LogP contribution in [0.25, 0.3) is 0 Å². The Kier molecular flexibility index (Phi) is 9.10. The van der Waals surface area contributed by atoms with Gasteiger partial charge in [0.05, 0.1) is 6.61 Å². The summed E-state index contributed by atoms with van der Waals surface area (Å²) in [7, 11) is 0. The summed E-state index contributed by atoms with van der Waals surface area (Å²) in [5, 5.41) is 7.98. The number of hydrogen-bond acceptors (Lipinski definition) is 10. The Bertz CT molecular complexity index is 914. The van der Waals surface area contributed by atoms with Crippen LogP contribution < -0.4 is 5.32 Å². The van der Waals surface area contributed by atoms with E-state index in [0.717, 1.165) is 11.3 Å². The Morgan fingerprint density at radius 3 is 2.26 bits per heavy atom. The van der Waals surface area contributed by atoms with Crippen LogP contribution in [-0.4, -0.2) is 65.7 Å². The number of ether oxygens (including phenoxy) is 3. The second kappa shape index (κ2) is 11.2. The maximum Gasteiger partial charge on any atom is 0.413 e. The number of piperidine rings is 1. The molecule has 2 heterocycles. The highest BCUT2D eigenvalue weighted by molar-refractivity contribution is 7.13. The molecule has 0 aliphatic carbocycles. The summed E-state index contributed by atoms with van der Waals surface area (Å²) in [6.45, 7) is 16.6. The molecule has 2 rings (SSSR count). The lowest BCUT2D eigenvalue weighted by atomic mass is 9.78. The fourth-order valence-corrected chi connectivity index (χ4v) is 4.41. The first-order valence-electron chi connectivity index (χ1n) is 11.5. The van der Waals surface area contributed by atoms with Crippen molar-refractivity contribution in [3.8, 4) is 0 Å². The van der Waals surface area contributed by atoms with Gasteiger partial charge < -0.3 is 23.9 Å². The molecular formula is C23H36N4O7S. The Balaban J connectivity index is 2.31. The fraction of sp³-hybridized carbons (Fsp3) is 0.696. The molecule has 12 heteroatoms. The lowest BCUT2D eigenvalue weighted by Gasteiger charge is -2.40. The molecule has 1 aromatic heterocycles. The quantitative estimate of drug-likeness (QED) is 0.244. The molecule has 0 radical (unpaired) electrons. The Hall–Kier alpha value is -2.89. The first-order valence-corrected chi connectivity index (χ1v) is 12.3. The van der Waals surface area contributed by atoms with Gasteiger partial charge in [-0.1, -0.05) is 0 Å². The summed E-state index contributed by atoms with van der Waals surface area (Å²) >= 11 is 1.11. The van der Waals surface area contributed by atoms with E-state index in [0.29, 0.717) is 25.9 Å². The third-order valence-corrected chi connectivity index (χ3v) is 5.76. The van der Waals surface area contributed by atoms with Gasteiger partial charge in [0, 0.05) is 31.1 Å². The van der Waals surface area contributed by atoms with Gasteiger partial charge in [0.1, 0.15) is 16.9 Å². The molecule has 2 amide bonds. The number of anilines is 1. The fourth-order valence-electron chi connectivity index (χ4n) is 3.67. The third kappa shape index (κ3) is 7.55. The SMILES string of the molecule is C=NOC(C(=O)OCC)(c1csc(NC(=O)OC(C)(C)C)n1)C1CCN(C(=O)OC(C)(C)C)CC1. The van der Waals surface area contributed by atoms with E-state index in [2.05, 4.69) is 22.2 Å². The molecule has 0 spiro atoms. The number of nitrogens with zero attached hydrogens (tertiary/aromatic N) is 3. The van der Waals surface area contributed by atoms with Crippen LogP contribution in [-0.2, 0) is 29.4 Å². The van der Waals surface area contributed by atoms with E-state index in [1.54, 1.807) is 58.7 Å². The van der Waals surface area contributed by atoms with Crippen LogP contribution in [0, 0.1) is 5.92 Å². The van der Waals surface area contributed by atoms with Crippen molar-refractivity contribution in [2.24, 2.45) is 11.1 Å². The maximum atomic E-state index is 13.3. The molecule has 0 saturated carbocycles. The molecule has 0 aromatic carbocycles. The molecule has 35 heavy (non-hydrogen) atoms. The summed E-state index contributed by atoms with van der Waals surface area (Å²) in [4.78, 5) is 49.7. The number of oxime groups is 1. The summed E-state index contributed by atoms with van der Waals surface area (Å²) in [5.41, 5.74) is -2.76. The molecule has 1 aliphatic heterocycles. The van der Waals surface area contributed by atoms with Gasteiger partial charge in [-0.15, -0.1) is 16.5 Å². The van der Waals surface area contributed by atoms with Crippen molar-refractivity contribution in [3.05, 3.63) is 11.1 Å². The van der Waals surface area contributed by atoms with Crippen molar-refractivity contribution in [2.45, 2.75) is 78.1 Å². The second-order valence-electron chi connectivity index (χ2n) is 10.1. The van der Waals surface area contributed by atoms with Gasteiger partial charge in [-0.05, 0) is 61.3 Å². The molecule has 1 aromatic rings. The molecule has 1 saturated heterocycles. The van der Waals surface area contributed by atoms with Gasteiger partial charge in [0.25, 0.3) is 5.60 Å². The minimum absolute atomic E-state index is 0.116. The van der Waals surface area contributed by atoms with Gasteiger partial charge in [0.15, 0.2) is 5.13 Å². The predicted octanol–water partition coefficient (Wildman–Crippen LogP) is 4.53. The molecule has 0 bridgehead atoms. The van der Waals surface area contributed by atoms with E-state index in [4.69, 9.17) is 19.0 Å². The van der Waals surface area contributed by atoms with E-state index in [1.165, 1.54) is 0 Å². The number of amides is 2. The number of carbonyl (C=O) groups excluding carboxylic acids is 3. The zero-order valence-electron chi connectivity index (χ0n) is 21.5. The number of thiazole rings is 1. The average Bonchev–Trinajstić information content (AvgIpc) is 3.18. The summed E-state index contributed by atoms with van der Waals surface area (Å²) in [6.07, 6.45) is -0.286. The number of rotatable bonds is 7. The highest BCUT2D eigenvalue weighted by atomic mass is 32.1. The number of aromatic nitrogens is 1. The molecule has 1 unspecified atom stereocenters. The predicted molar refractivity (Wildman–Crippen MR) is 131 cm³/mol. The van der Waals surface area contributed by atoms with E-state index in [1.807, 2.05) is 0 Å². The normalized spacial score (nSPS) is 16.6. The third-order valence-electron chi connectivity index (χ3n) is 5.00. The standard InChI is InChI=1S/C23H36N4O7S/c1-9-31-17(28)23(34-24-8,15-10-12-27(13-11-15)20(30)33-22(5,6)7)16-14-35-18(25-16)26-19(29)32-21(2,3)4/h14-15H,8-13H2,1-7H3,(H,25,26,29). The Morgan fingerprint density at radius 1 is 1.14 bits per heavy atom. The van der Waals surface area contributed by atoms with Gasteiger partial charge in [-0.2, -0.15) is 0 Å². The first-order chi connectivity index (χ1) is 16.2. The molecule has 1 N–H and O–H groups in total. The smallest absolute Gasteiger partial charge is 0.413 e. The van der Waals surface area contributed by atoms with Gasteiger partial charge in [0.2, 0.25) is 0 Å². The second-order valence-corrected chi connectivity index (χ2v) is 10.9. The molecule has 1 aliphatic rings. The molecule has 1 atom stereocenters. The van der Waals surface area contributed by atoms with E-state index >= 15 is 0 Å². The minimum atomic E-state index is -1.69. The van der Waals surface area contributed by atoms with Crippen molar-refractivity contribution in [3.63, 3.8) is 0 Å². The van der Waals surface area contributed by atoms with Crippen molar-refractivity contribution in [1.82, 2.24) is 9.88 Å². The first kappa shape index (κ1) is 28.3. The summed E-state index contributed by atoms with van der Waals surface area (Å²) in [6, 6.07) is 0. The summed E-state index contributed by atoms with van der Waals surface area (Å²) < 4.78 is 16.1. The lowest BCUT2D eigenvalue weighted by molar-refractivity contribution is -0.187. The van der Waals surface area contributed by atoms with Crippen LogP contribution in [0.2, 0.25) is 0 Å². The van der Waals surface area contributed by atoms with E-state index < -0.39 is 40.9 Å². The zero-order chi connectivity index (χ0) is 26.4. The van der Waals surface area contributed by atoms with Gasteiger partial charge in [-0.25, -0.2) is 19.4 Å². The average molecular weight is 513 g/mol. The highest BCUT2D eigenvalue weighted by Crippen LogP contribution is 2.42. The van der Waals surface area contributed by atoms with Crippen molar-refractivity contribution in [2.75, 3.05) is 25.0 Å². The Morgan fingerprint density at radius 2 is 1.74 bits per heavy atom. The van der Waals surface area contributed by atoms with Crippen LogP contribution in [0.1, 0.15) is 67.0 Å². The van der Waals surface area contributed by atoms with Crippen LogP contribution in [0.5, 0.6) is 0 Å². The number of hydrogen-bond donors (Lipinski definition) is 1. The molecular weight excluding hydrogens is 476 g/mol. The van der Waals surface area contributed by atoms with Crippen LogP contribution in [0.4, 0.5) is 14.7 Å². The monoisotopic (exact) mass is 512 g/mol. The van der Waals surface area contributed by atoms with Crippen molar-refractivity contribution >= 4 is 41.3 Å². The number of likely N-dealkylation sites (tertiary alicyclic amines) is 1. The highest BCUT2D eigenvalue weighted by Gasteiger charge is 2.55. The minimum Gasteiger partial charge on any atom is -0.463 e. The molecule has 1 fully saturated rings. The lowest BCUT2D eigenvalue weighted by Crippen LogP contribution is -2.51. The van der Waals surface area contributed by atoms with Gasteiger partial charge >= 0.3 is 18.2 Å². The van der Waals surface area contributed by atoms with Gasteiger partial charge in [-0.3, -0.25) is 5.32 Å². The number of esters is 1. The molecule has 11 nitrogen and oxygen atoms in total. The van der Waals surface area contributed by atoms with Crippen LogP contribution >= 0.6 is 11.3 Å². The summed E-state index contributed by atoms with van der Waals surface area (Å²) in [5.74, 6) is -1.10. The number of nitrogens with one attached hydrogen (secondary N) is 1. The van der Waals surface area contributed by atoms with Crippen LogP contribution in [0.3, 0.4) is 0 Å². The van der Waals surface area contributed by atoms with Crippen LogP contribution in [0.15, 0.2) is 10.5 Å². The zero-order valence-corrected chi connectivity index (χ0v) is 22.3. The molecule has 196 valence electrons. The largest absolute Gasteiger partial charge is 0.463 e.